The molecular weight excluding hydrogens is 274 g/mol. The second-order valence-corrected chi connectivity index (χ2v) is 6.62. The van der Waals surface area contributed by atoms with E-state index < -0.39 is 10.0 Å². The standard InChI is InChI=1S/C14H25N3O2S/c1-5-9-16-13-8-10-15-11-14(13)20(18,19)17(7-3)12(4)6-2/h8,10-12H,5-7,9H2,1-4H3,(H,15,16). The van der Waals surface area contributed by atoms with Crippen LogP contribution in [0.4, 0.5) is 5.69 Å². The van der Waals surface area contributed by atoms with Gasteiger partial charge >= 0.3 is 0 Å². The summed E-state index contributed by atoms with van der Waals surface area (Å²) in [5.41, 5.74) is 0.628. The monoisotopic (exact) mass is 299 g/mol. The van der Waals surface area contributed by atoms with E-state index in [4.69, 9.17) is 0 Å². The molecule has 1 aromatic heterocycles. The van der Waals surface area contributed by atoms with E-state index in [1.54, 1.807) is 12.3 Å². The van der Waals surface area contributed by atoms with Gasteiger partial charge in [0.2, 0.25) is 10.0 Å². The van der Waals surface area contributed by atoms with Crippen LogP contribution < -0.4 is 5.32 Å². The Kier molecular flexibility index (Phi) is 6.42. The normalized spacial score (nSPS) is 13.4. The van der Waals surface area contributed by atoms with E-state index in [9.17, 15) is 8.42 Å². The van der Waals surface area contributed by atoms with Gasteiger partial charge in [0.05, 0.1) is 5.69 Å². The minimum Gasteiger partial charge on any atom is -0.384 e. The molecule has 0 saturated carbocycles. The van der Waals surface area contributed by atoms with Crippen molar-refractivity contribution in [2.45, 2.75) is 51.5 Å². The van der Waals surface area contributed by atoms with Crippen LogP contribution in [0.3, 0.4) is 0 Å². The Morgan fingerprint density at radius 3 is 2.60 bits per heavy atom. The molecule has 0 aromatic carbocycles. The van der Waals surface area contributed by atoms with Crippen LogP contribution >= 0.6 is 0 Å². The molecule has 114 valence electrons. The molecule has 1 atom stereocenters. The van der Waals surface area contributed by atoms with Crippen molar-refractivity contribution in [1.82, 2.24) is 9.29 Å². The third-order valence-corrected chi connectivity index (χ3v) is 5.45. The van der Waals surface area contributed by atoms with E-state index in [-0.39, 0.29) is 10.9 Å². The zero-order valence-electron chi connectivity index (χ0n) is 12.8. The van der Waals surface area contributed by atoms with Gasteiger partial charge in [-0.1, -0.05) is 20.8 Å². The average Bonchev–Trinajstić information content (AvgIpc) is 2.45. The number of nitrogens with zero attached hydrogens (tertiary/aromatic N) is 2. The highest BCUT2D eigenvalue weighted by Gasteiger charge is 2.29. The molecule has 0 bridgehead atoms. The molecule has 1 aromatic rings. The molecule has 0 aliphatic heterocycles. The van der Waals surface area contributed by atoms with Crippen molar-refractivity contribution < 1.29 is 8.42 Å². The first-order valence-corrected chi connectivity index (χ1v) is 8.62. The van der Waals surface area contributed by atoms with Crippen LogP contribution in [0.1, 0.15) is 40.5 Å². The predicted octanol–water partition coefficient (Wildman–Crippen LogP) is 2.71. The van der Waals surface area contributed by atoms with Crippen LogP contribution in [0.5, 0.6) is 0 Å². The second kappa shape index (κ2) is 7.59. The van der Waals surface area contributed by atoms with Crippen molar-refractivity contribution in [3.05, 3.63) is 18.5 Å². The molecule has 0 spiro atoms. The summed E-state index contributed by atoms with van der Waals surface area (Å²) in [6, 6.07) is 1.69. The number of anilines is 1. The summed E-state index contributed by atoms with van der Waals surface area (Å²) >= 11 is 0. The number of pyridine rings is 1. The minimum absolute atomic E-state index is 0.0239. The number of hydrogen-bond acceptors (Lipinski definition) is 4. The Morgan fingerprint density at radius 1 is 1.35 bits per heavy atom. The Hall–Kier alpha value is -1.14. The van der Waals surface area contributed by atoms with Crippen molar-refractivity contribution in [2.75, 3.05) is 18.4 Å². The van der Waals surface area contributed by atoms with E-state index >= 15 is 0 Å². The summed E-state index contributed by atoms with van der Waals surface area (Å²) in [7, 11) is -3.52. The Bertz CT molecular complexity index is 517. The fourth-order valence-electron chi connectivity index (χ4n) is 2.04. The topological polar surface area (TPSA) is 62.3 Å². The van der Waals surface area contributed by atoms with Gasteiger partial charge in [-0.05, 0) is 25.8 Å². The van der Waals surface area contributed by atoms with Crippen molar-refractivity contribution in [1.29, 1.82) is 0 Å². The molecule has 1 N–H and O–H groups in total. The number of sulfonamides is 1. The summed E-state index contributed by atoms with van der Waals surface area (Å²) in [4.78, 5) is 4.24. The molecule has 0 radical (unpaired) electrons. The highest BCUT2D eigenvalue weighted by molar-refractivity contribution is 7.89. The molecule has 0 aliphatic carbocycles. The maximum absolute atomic E-state index is 12.8. The molecule has 0 saturated heterocycles. The third kappa shape index (κ3) is 3.70. The number of rotatable bonds is 8. The van der Waals surface area contributed by atoms with E-state index in [0.29, 0.717) is 12.2 Å². The van der Waals surface area contributed by atoms with E-state index in [1.807, 2.05) is 27.7 Å². The summed E-state index contributed by atoms with van der Waals surface area (Å²) in [5, 5.41) is 3.16. The SMILES string of the molecule is CCCNc1ccncc1S(=O)(=O)N(CC)C(C)CC. The molecule has 1 unspecified atom stereocenters. The Morgan fingerprint density at radius 2 is 2.05 bits per heavy atom. The first-order chi connectivity index (χ1) is 9.48. The molecule has 0 fully saturated rings. The smallest absolute Gasteiger partial charge is 0.246 e. The van der Waals surface area contributed by atoms with Gasteiger partial charge in [-0.2, -0.15) is 4.31 Å². The van der Waals surface area contributed by atoms with E-state index in [0.717, 1.165) is 19.4 Å². The largest absolute Gasteiger partial charge is 0.384 e. The third-order valence-electron chi connectivity index (χ3n) is 3.33. The van der Waals surface area contributed by atoms with E-state index in [2.05, 4.69) is 10.3 Å². The first kappa shape index (κ1) is 16.9. The van der Waals surface area contributed by atoms with Crippen LogP contribution in [0, 0.1) is 0 Å². The van der Waals surface area contributed by atoms with Gasteiger partial charge in [-0.15, -0.1) is 0 Å². The fourth-order valence-corrected chi connectivity index (χ4v) is 3.87. The quantitative estimate of drug-likeness (QED) is 0.801. The van der Waals surface area contributed by atoms with Crippen LogP contribution in [0.25, 0.3) is 0 Å². The minimum atomic E-state index is -3.52. The van der Waals surface area contributed by atoms with E-state index in [1.165, 1.54) is 10.5 Å². The molecular formula is C14H25N3O2S. The van der Waals surface area contributed by atoms with Gasteiger partial charge in [-0.25, -0.2) is 8.42 Å². The maximum atomic E-state index is 12.8. The lowest BCUT2D eigenvalue weighted by atomic mass is 10.3. The number of nitrogens with one attached hydrogen (secondary N) is 1. The molecule has 1 rings (SSSR count). The van der Waals surface area contributed by atoms with Crippen molar-refractivity contribution in [2.24, 2.45) is 0 Å². The number of aromatic nitrogens is 1. The fraction of sp³-hybridized carbons (Fsp3) is 0.643. The molecule has 0 aliphatic rings. The molecule has 20 heavy (non-hydrogen) atoms. The molecule has 1 heterocycles. The van der Waals surface area contributed by atoms with Gasteiger partial charge in [-0.3, -0.25) is 4.98 Å². The summed E-state index contributed by atoms with van der Waals surface area (Å²) < 4.78 is 27.1. The summed E-state index contributed by atoms with van der Waals surface area (Å²) in [6.07, 6.45) is 4.75. The van der Waals surface area contributed by atoms with Crippen molar-refractivity contribution in [3.63, 3.8) is 0 Å². The second-order valence-electron chi connectivity index (χ2n) is 4.76. The average molecular weight is 299 g/mol. The van der Waals surface area contributed by atoms with Crippen LogP contribution in [-0.4, -0.2) is 36.8 Å². The summed E-state index contributed by atoms with van der Waals surface area (Å²) in [6.45, 7) is 9.01. The lowest BCUT2D eigenvalue weighted by Crippen LogP contribution is -2.38. The molecule has 6 heteroatoms. The highest BCUT2D eigenvalue weighted by atomic mass is 32.2. The van der Waals surface area contributed by atoms with Gasteiger partial charge in [0.1, 0.15) is 4.90 Å². The van der Waals surface area contributed by atoms with Crippen LogP contribution in [0.2, 0.25) is 0 Å². The zero-order valence-corrected chi connectivity index (χ0v) is 13.6. The molecule has 5 nitrogen and oxygen atoms in total. The first-order valence-electron chi connectivity index (χ1n) is 7.18. The Labute approximate surface area is 122 Å². The van der Waals surface area contributed by atoms with Crippen LogP contribution in [0.15, 0.2) is 23.4 Å². The van der Waals surface area contributed by atoms with Gasteiger partial charge < -0.3 is 5.32 Å². The summed E-state index contributed by atoms with van der Waals surface area (Å²) in [5.74, 6) is 0. The zero-order chi connectivity index (χ0) is 15.2. The van der Waals surface area contributed by atoms with Crippen LogP contribution in [-0.2, 0) is 10.0 Å². The highest BCUT2D eigenvalue weighted by Crippen LogP contribution is 2.25. The van der Waals surface area contributed by atoms with Gasteiger partial charge in [0, 0.05) is 31.5 Å². The van der Waals surface area contributed by atoms with Gasteiger partial charge in [0.25, 0.3) is 0 Å². The Balaban J connectivity index is 3.20. The lowest BCUT2D eigenvalue weighted by molar-refractivity contribution is 0.342. The lowest BCUT2D eigenvalue weighted by Gasteiger charge is -2.27. The molecule has 0 amide bonds. The van der Waals surface area contributed by atoms with Crippen molar-refractivity contribution >= 4 is 15.7 Å². The van der Waals surface area contributed by atoms with Gasteiger partial charge in [0.15, 0.2) is 0 Å². The maximum Gasteiger partial charge on any atom is 0.246 e. The predicted molar refractivity (Wildman–Crippen MR) is 82.3 cm³/mol. The van der Waals surface area contributed by atoms with Crippen molar-refractivity contribution in [3.8, 4) is 0 Å². The number of hydrogen-bond donors (Lipinski definition) is 1.